The van der Waals surface area contributed by atoms with E-state index in [-0.39, 0.29) is 11.6 Å². The van der Waals surface area contributed by atoms with Gasteiger partial charge in [0.05, 0.1) is 5.54 Å². The highest BCUT2D eigenvalue weighted by Crippen LogP contribution is 2.34. The maximum Gasteiger partial charge on any atom is 0.174 e. The number of hydrogen-bond acceptors (Lipinski definition) is 6. The number of hydrogen-bond donors (Lipinski definition) is 0. The summed E-state index contributed by atoms with van der Waals surface area (Å²) >= 11 is 3.82. The van der Waals surface area contributed by atoms with Gasteiger partial charge in [-0.1, -0.05) is 13.0 Å². The van der Waals surface area contributed by atoms with Gasteiger partial charge in [0, 0.05) is 29.5 Å². The van der Waals surface area contributed by atoms with Crippen molar-refractivity contribution in [3.63, 3.8) is 0 Å². The fourth-order valence-corrected chi connectivity index (χ4v) is 4.48. The van der Waals surface area contributed by atoms with Crippen LogP contribution in [0.3, 0.4) is 0 Å². The lowest BCUT2D eigenvalue weighted by atomic mass is 10.0. The number of nitrogens with zero attached hydrogens (tertiary/aromatic N) is 5. The molecule has 22 heavy (non-hydrogen) atoms. The van der Waals surface area contributed by atoms with Crippen LogP contribution in [-0.4, -0.2) is 49.7 Å². The molecule has 0 spiro atoms. The third kappa shape index (κ3) is 3.07. The minimum absolute atomic E-state index is 0.0706. The molecule has 1 aliphatic rings. The molecule has 1 unspecified atom stereocenters. The summed E-state index contributed by atoms with van der Waals surface area (Å²) in [5, 5.41) is 14.9. The van der Waals surface area contributed by atoms with E-state index in [2.05, 4.69) is 58.7 Å². The van der Waals surface area contributed by atoms with E-state index < -0.39 is 0 Å². The average Bonchev–Trinajstić information content (AvgIpc) is 3.21. The topological polar surface area (TPSA) is 46.8 Å². The van der Waals surface area contributed by atoms with Crippen LogP contribution in [0.1, 0.15) is 43.9 Å². The first-order valence-electron chi connectivity index (χ1n) is 7.77. The first-order chi connectivity index (χ1) is 10.6. The molecule has 1 atom stereocenters. The summed E-state index contributed by atoms with van der Waals surface area (Å²) in [5.41, 5.74) is -0.0706. The first kappa shape index (κ1) is 16.0. The predicted molar refractivity (Wildman–Crippen MR) is 92.5 cm³/mol. The van der Waals surface area contributed by atoms with Crippen LogP contribution < -0.4 is 0 Å². The molecule has 0 radical (unpaired) electrons. The van der Waals surface area contributed by atoms with E-state index >= 15 is 0 Å². The van der Waals surface area contributed by atoms with Crippen molar-refractivity contribution in [1.29, 1.82) is 0 Å². The highest BCUT2D eigenvalue weighted by molar-refractivity contribution is 7.99. The zero-order valence-electron chi connectivity index (χ0n) is 13.4. The van der Waals surface area contributed by atoms with Crippen molar-refractivity contribution in [2.45, 2.75) is 38.8 Å². The molecule has 1 aliphatic heterocycles. The molecule has 1 saturated heterocycles. The Morgan fingerprint density at radius 1 is 1.32 bits per heavy atom. The number of rotatable bonds is 5. The second-order valence-corrected chi connectivity index (χ2v) is 8.39. The van der Waals surface area contributed by atoms with E-state index in [0.717, 1.165) is 25.3 Å². The Kier molecular flexibility index (Phi) is 4.84. The van der Waals surface area contributed by atoms with Gasteiger partial charge in [0.25, 0.3) is 0 Å². The number of tetrazole rings is 1. The van der Waals surface area contributed by atoms with Crippen molar-refractivity contribution in [2.24, 2.45) is 0 Å². The molecule has 7 heteroatoms. The Bertz CT molecular complexity index is 587. The summed E-state index contributed by atoms with van der Waals surface area (Å²) in [6.07, 6.45) is 0.998. The third-order valence-electron chi connectivity index (χ3n) is 4.40. The monoisotopic (exact) mass is 337 g/mol. The van der Waals surface area contributed by atoms with Gasteiger partial charge in [-0.3, -0.25) is 4.90 Å². The van der Waals surface area contributed by atoms with Crippen molar-refractivity contribution in [2.75, 3.05) is 24.6 Å². The van der Waals surface area contributed by atoms with Gasteiger partial charge < -0.3 is 0 Å². The molecule has 3 rings (SSSR count). The van der Waals surface area contributed by atoms with Gasteiger partial charge in [0.15, 0.2) is 5.82 Å². The minimum atomic E-state index is -0.0706. The molecule has 120 valence electrons. The Balaban J connectivity index is 2.02. The van der Waals surface area contributed by atoms with E-state index in [1.807, 2.05) is 16.4 Å². The average molecular weight is 338 g/mol. The van der Waals surface area contributed by atoms with E-state index in [4.69, 9.17) is 0 Å². The maximum absolute atomic E-state index is 4.42. The molecule has 2 aromatic heterocycles. The van der Waals surface area contributed by atoms with E-state index in [0.29, 0.717) is 0 Å². The lowest BCUT2D eigenvalue weighted by Crippen LogP contribution is -2.39. The van der Waals surface area contributed by atoms with E-state index in [1.165, 1.54) is 16.4 Å². The molecule has 3 heterocycles. The molecule has 0 bridgehead atoms. The molecular weight excluding hydrogens is 314 g/mol. The molecule has 5 nitrogen and oxygen atoms in total. The summed E-state index contributed by atoms with van der Waals surface area (Å²) in [6.45, 7) is 8.76. The third-order valence-corrected chi connectivity index (χ3v) is 6.27. The zero-order valence-corrected chi connectivity index (χ0v) is 15.0. The highest BCUT2D eigenvalue weighted by Gasteiger charge is 2.33. The Labute approximate surface area is 140 Å². The van der Waals surface area contributed by atoms with Gasteiger partial charge in [0.1, 0.15) is 6.04 Å². The molecular formula is C15H23N5S2. The Morgan fingerprint density at radius 2 is 2.09 bits per heavy atom. The van der Waals surface area contributed by atoms with E-state index in [9.17, 15) is 0 Å². The first-order valence-corrected chi connectivity index (χ1v) is 9.81. The van der Waals surface area contributed by atoms with Crippen LogP contribution in [0.5, 0.6) is 0 Å². The zero-order chi connectivity index (χ0) is 15.6. The van der Waals surface area contributed by atoms with E-state index in [1.54, 1.807) is 11.3 Å². The van der Waals surface area contributed by atoms with Gasteiger partial charge in [0.2, 0.25) is 0 Å². The van der Waals surface area contributed by atoms with Crippen molar-refractivity contribution in [3.05, 3.63) is 28.2 Å². The lowest BCUT2D eigenvalue weighted by Gasteiger charge is -2.34. The lowest BCUT2D eigenvalue weighted by molar-refractivity contribution is 0.215. The second-order valence-electron chi connectivity index (χ2n) is 6.18. The van der Waals surface area contributed by atoms with Crippen molar-refractivity contribution in [3.8, 4) is 0 Å². The summed E-state index contributed by atoms with van der Waals surface area (Å²) in [6, 6.07) is 4.49. The normalized spacial score (nSPS) is 18.5. The minimum Gasteiger partial charge on any atom is -0.287 e. The smallest absolute Gasteiger partial charge is 0.174 e. The largest absolute Gasteiger partial charge is 0.287 e. The van der Waals surface area contributed by atoms with Crippen molar-refractivity contribution >= 4 is 23.1 Å². The maximum atomic E-state index is 4.42. The van der Waals surface area contributed by atoms with Crippen molar-refractivity contribution < 1.29 is 0 Å². The number of thiophene rings is 1. The fraction of sp³-hybridized carbons (Fsp3) is 0.667. The standard InChI is InChI=1S/C15H23N5S2/c1-4-15(2,3)20-14(16-17-18-20)13(12-6-5-9-22-12)19-7-10-21-11-8-19/h5-6,9,13H,4,7-8,10-11H2,1-3H3. The van der Waals surface area contributed by atoms with Gasteiger partial charge in [-0.2, -0.15) is 11.8 Å². The van der Waals surface area contributed by atoms with Crippen LogP contribution in [-0.2, 0) is 5.54 Å². The molecule has 0 saturated carbocycles. The van der Waals surface area contributed by atoms with Gasteiger partial charge in [-0.05, 0) is 42.1 Å². The quantitative estimate of drug-likeness (QED) is 0.839. The molecule has 0 amide bonds. The molecule has 1 fully saturated rings. The van der Waals surface area contributed by atoms with Gasteiger partial charge >= 0.3 is 0 Å². The summed E-state index contributed by atoms with van der Waals surface area (Å²) in [7, 11) is 0. The highest BCUT2D eigenvalue weighted by atomic mass is 32.2. The summed E-state index contributed by atoms with van der Waals surface area (Å²) < 4.78 is 2.03. The van der Waals surface area contributed by atoms with Crippen LogP contribution in [0.4, 0.5) is 0 Å². The van der Waals surface area contributed by atoms with Crippen LogP contribution in [0.2, 0.25) is 0 Å². The molecule has 2 aromatic rings. The molecule has 0 aromatic carbocycles. The van der Waals surface area contributed by atoms with Crippen LogP contribution in [0, 0.1) is 0 Å². The van der Waals surface area contributed by atoms with Gasteiger partial charge in [-0.25, -0.2) is 4.68 Å². The van der Waals surface area contributed by atoms with Crippen molar-refractivity contribution in [1.82, 2.24) is 25.1 Å². The molecule has 0 aliphatic carbocycles. The summed E-state index contributed by atoms with van der Waals surface area (Å²) in [5.74, 6) is 3.34. The Hall–Kier alpha value is -0.920. The molecule has 0 N–H and O–H groups in total. The van der Waals surface area contributed by atoms with Gasteiger partial charge in [-0.15, -0.1) is 16.4 Å². The van der Waals surface area contributed by atoms with Crippen LogP contribution in [0.15, 0.2) is 17.5 Å². The summed E-state index contributed by atoms with van der Waals surface area (Å²) in [4.78, 5) is 3.85. The fourth-order valence-electron chi connectivity index (χ4n) is 2.70. The second kappa shape index (κ2) is 6.68. The van der Waals surface area contributed by atoms with Crippen LogP contribution in [0.25, 0.3) is 0 Å². The Morgan fingerprint density at radius 3 is 2.73 bits per heavy atom. The SMILES string of the molecule is CCC(C)(C)n1nnnc1C(c1cccs1)N1CCSCC1. The predicted octanol–water partition coefficient (Wildman–Crippen LogP) is 3.02. The number of aromatic nitrogens is 4. The number of thioether (sulfide) groups is 1. The van der Waals surface area contributed by atoms with Crippen LogP contribution >= 0.6 is 23.1 Å².